The quantitative estimate of drug-likeness (QED) is 0.883. The van der Waals surface area contributed by atoms with Gasteiger partial charge in [-0.05, 0) is 45.4 Å². The van der Waals surface area contributed by atoms with Crippen LogP contribution in [0.1, 0.15) is 35.5 Å². The summed E-state index contributed by atoms with van der Waals surface area (Å²) in [6.07, 6.45) is 1.63. The van der Waals surface area contributed by atoms with Crippen molar-refractivity contribution < 1.29 is 14.0 Å². The van der Waals surface area contributed by atoms with Crippen LogP contribution in [-0.4, -0.2) is 27.6 Å². The Morgan fingerprint density at radius 3 is 2.62 bits per heavy atom. The van der Waals surface area contributed by atoms with Gasteiger partial charge >= 0.3 is 0 Å². The highest BCUT2D eigenvalue weighted by atomic mass is 19.1. The maximum absolute atomic E-state index is 13.8. The molecule has 2 N–H and O–H groups in total. The lowest BCUT2D eigenvalue weighted by atomic mass is 10.2. The van der Waals surface area contributed by atoms with Gasteiger partial charge < -0.3 is 10.6 Å². The fourth-order valence-corrected chi connectivity index (χ4v) is 2.21. The number of aromatic nitrogens is 2. The number of nitrogens with one attached hydrogen (secondary N) is 2. The normalized spacial score (nSPS) is 11.9. The van der Waals surface area contributed by atoms with Crippen LogP contribution in [0.2, 0.25) is 0 Å². The number of amides is 2. The molecular formula is C17H21FN4O2. The van der Waals surface area contributed by atoms with Crippen molar-refractivity contribution in [2.45, 2.75) is 40.3 Å². The first-order valence-corrected chi connectivity index (χ1v) is 7.73. The first kappa shape index (κ1) is 17.7. The topological polar surface area (TPSA) is 76.0 Å². The molecule has 0 bridgehead atoms. The van der Waals surface area contributed by atoms with Crippen LogP contribution in [0.5, 0.6) is 0 Å². The molecule has 2 rings (SSSR count). The van der Waals surface area contributed by atoms with Gasteiger partial charge in [0.15, 0.2) is 0 Å². The van der Waals surface area contributed by atoms with Crippen LogP contribution in [0, 0.1) is 19.7 Å². The van der Waals surface area contributed by atoms with Crippen molar-refractivity contribution in [1.29, 1.82) is 0 Å². The van der Waals surface area contributed by atoms with E-state index in [-0.39, 0.29) is 11.6 Å². The van der Waals surface area contributed by atoms with Crippen LogP contribution >= 0.6 is 0 Å². The van der Waals surface area contributed by atoms with Gasteiger partial charge in [-0.15, -0.1) is 0 Å². The highest BCUT2D eigenvalue weighted by molar-refractivity contribution is 6.01. The van der Waals surface area contributed by atoms with Crippen molar-refractivity contribution in [3.8, 4) is 0 Å². The Morgan fingerprint density at radius 2 is 2.04 bits per heavy atom. The summed E-state index contributed by atoms with van der Waals surface area (Å²) < 4.78 is 15.4. The number of hydrogen-bond acceptors (Lipinski definition) is 3. The van der Waals surface area contributed by atoms with Crippen molar-refractivity contribution >= 4 is 17.5 Å². The Morgan fingerprint density at radius 1 is 1.33 bits per heavy atom. The molecule has 2 aromatic rings. The molecule has 0 aliphatic rings. The third-order valence-electron chi connectivity index (χ3n) is 3.64. The van der Waals surface area contributed by atoms with E-state index in [1.807, 2.05) is 6.92 Å². The van der Waals surface area contributed by atoms with Gasteiger partial charge in [0.2, 0.25) is 5.91 Å². The molecule has 0 saturated carbocycles. The number of halogens is 1. The van der Waals surface area contributed by atoms with Gasteiger partial charge in [-0.25, -0.2) is 4.39 Å². The number of nitrogens with zero attached hydrogens (tertiary/aromatic N) is 2. The number of hydrogen-bond donors (Lipinski definition) is 2. The standard InChI is InChI=1S/C17H21FN4O2/c1-5-22-9-13(11(3)21-22)17(24)19-12(4)16(23)20-15-7-6-10(2)8-14(15)18/h6-9,12H,5H2,1-4H3,(H,19,24)(H,20,23)/t12-/m1/s1. The zero-order valence-electron chi connectivity index (χ0n) is 14.2. The third-order valence-corrected chi connectivity index (χ3v) is 3.64. The SMILES string of the molecule is CCn1cc(C(=O)N[C@H](C)C(=O)Nc2ccc(C)cc2F)c(C)n1. The predicted molar refractivity (Wildman–Crippen MR) is 89.3 cm³/mol. The van der Waals surface area contributed by atoms with Gasteiger partial charge in [0.05, 0.1) is 16.9 Å². The number of benzene rings is 1. The molecule has 0 spiro atoms. The molecular weight excluding hydrogens is 311 g/mol. The molecule has 128 valence electrons. The second-order valence-electron chi connectivity index (χ2n) is 5.65. The second kappa shape index (κ2) is 7.25. The summed E-state index contributed by atoms with van der Waals surface area (Å²) in [4.78, 5) is 24.4. The van der Waals surface area contributed by atoms with Crippen molar-refractivity contribution in [1.82, 2.24) is 15.1 Å². The fourth-order valence-electron chi connectivity index (χ4n) is 2.21. The Kier molecular flexibility index (Phi) is 5.33. The zero-order chi connectivity index (χ0) is 17.9. The maximum atomic E-state index is 13.8. The lowest BCUT2D eigenvalue weighted by Crippen LogP contribution is -2.41. The lowest BCUT2D eigenvalue weighted by Gasteiger charge is -2.14. The predicted octanol–water partition coefficient (Wildman–Crippen LogP) is 2.42. The lowest BCUT2D eigenvalue weighted by molar-refractivity contribution is -0.117. The maximum Gasteiger partial charge on any atom is 0.255 e. The summed E-state index contributed by atoms with van der Waals surface area (Å²) in [6.45, 7) is 7.60. The van der Waals surface area contributed by atoms with Gasteiger partial charge in [-0.2, -0.15) is 5.10 Å². The first-order chi connectivity index (χ1) is 11.3. The summed E-state index contributed by atoms with van der Waals surface area (Å²) in [6, 6.07) is 3.71. The summed E-state index contributed by atoms with van der Waals surface area (Å²) in [7, 11) is 0. The largest absolute Gasteiger partial charge is 0.340 e. The Hall–Kier alpha value is -2.70. The first-order valence-electron chi connectivity index (χ1n) is 7.73. The summed E-state index contributed by atoms with van der Waals surface area (Å²) in [5.74, 6) is -1.40. The van der Waals surface area contributed by atoms with Crippen LogP contribution in [0.4, 0.5) is 10.1 Å². The average Bonchev–Trinajstić information content (AvgIpc) is 2.91. The van der Waals surface area contributed by atoms with Gasteiger partial charge in [0.1, 0.15) is 11.9 Å². The molecule has 0 aliphatic heterocycles. The molecule has 1 heterocycles. The molecule has 0 fully saturated rings. The molecule has 24 heavy (non-hydrogen) atoms. The average molecular weight is 332 g/mol. The van der Waals surface area contributed by atoms with E-state index in [1.54, 1.807) is 37.7 Å². The molecule has 0 aliphatic carbocycles. The Labute approximate surface area is 140 Å². The monoisotopic (exact) mass is 332 g/mol. The number of carbonyl (C=O) groups is 2. The number of carbonyl (C=O) groups excluding carboxylic acids is 2. The van der Waals surface area contributed by atoms with Crippen molar-refractivity contribution in [3.63, 3.8) is 0 Å². The van der Waals surface area contributed by atoms with E-state index in [1.165, 1.54) is 12.1 Å². The molecule has 7 heteroatoms. The highest BCUT2D eigenvalue weighted by Gasteiger charge is 2.20. The van der Waals surface area contributed by atoms with Crippen LogP contribution in [0.25, 0.3) is 0 Å². The van der Waals surface area contributed by atoms with Gasteiger partial charge in [0.25, 0.3) is 5.91 Å². The number of rotatable bonds is 5. The van der Waals surface area contributed by atoms with Crippen LogP contribution in [0.3, 0.4) is 0 Å². The minimum absolute atomic E-state index is 0.0849. The van der Waals surface area contributed by atoms with Gasteiger partial charge in [-0.1, -0.05) is 6.07 Å². The summed E-state index contributed by atoms with van der Waals surface area (Å²) in [5, 5.41) is 9.27. The third kappa shape index (κ3) is 3.98. The summed E-state index contributed by atoms with van der Waals surface area (Å²) >= 11 is 0. The smallest absolute Gasteiger partial charge is 0.255 e. The second-order valence-corrected chi connectivity index (χ2v) is 5.65. The van der Waals surface area contributed by atoms with Crippen molar-refractivity contribution in [2.75, 3.05) is 5.32 Å². The zero-order valence-corrected chi connectivity index (χ0v) is 14.2. The van der Waals surface area contributed by atoms with E-state index in [9.17, 15) is 14.0 Å². The van der Waals surface area contributed by atoms with Gasteiger partial charge in [-0.3, -0.25) is 14.3 Å². The Bertz CT molecular complexity index is 770. The van der Waals surface area contributed by atoms with Gasteiger partial charge in [0, 0.05) is 12.7 Å². The van der Waals surface area contributed by atoms with Crippen LogP contribution < -0.4 is 10.6 Å². The van der Waals surface area contributed by atoms with Crippen LogP contribution in [-0.2, 0) is 11.3 Å². The summed E-state index contributed by atoms with van der Waals surface area (Å²) in [5.41, 5.74) is 1.85. The highest BCUT2D eigenvalue weighted by Crippen LogP contribution is 2.15. The molecule has 6 nitrogen and oxygen atoms in total. The molecule has 1 aromatic heterocycles. The van der Waals surface area contributed by atoms with E-state index in [0.717, 1.165) is 5.56 Å². The van der Waals surface area contributed by atoms with E-state index < -0.39 is 17.8 Å². The molecule has 0 radical (unpaired) electrons. The molecule has 0 unspecified atom stereocenters. The minimum Gasteiger partial charge on any atom is -0.340 e. The fraction of sp³-hybridized carbons (Fsp3) is 0.353. The number of aryl methyl sites for hydroxylation is 3. The van der Waals surface area contributed by atoms with Crippen molar-refractivity contribution in [2.24, 2.45) is 0 Å². The molecule has 1 atom stereocenters. The van der Waals surface area contributed by atoms with E-state index in [4.69, 9.17) is 0 Å². The molecule has 0 saturated heterocycles. The number of anilines is 1. The van der Waals surface area contributed by atoms with E-state index in [0.29, 0.717) is 17.8 Å². The van der Waals surface area contributed by atoms with Crippen LogP contribution in [0.15, 0.2) is 24.4 Å². The Balaban J connectivity index is 2.02. The minimum atomic E-state index is -0.817. The molecule has 2 amide bonds. The van der Waals surface area contributed by atoms with Crippen molar-refractivity contribution in [3.05, 3.63) is 47.0 Å². The van der Waals surface area contributed by atoms with E-state index >= 15 is 0 Å². The molecule has 1 aromatic carbocycles. The van der Waals surface area contributed by atoms with E-state index in [2.05, 4.69) is 15.7 Å².